The second kappa shape index (κ2) is 6.34. The molecule has 1 aromatic heterocycles. The summed E-state index contributed by atoms with van der Waals surface area (Å²) in [5.41, 5.74) is 1.84. The molecule has 0 aliphatic rings. The molecule has 0 radical (unpaired) electrons. The Labute approximate surface area is 142 Å². The third-order valence-corrected chi connectivity index (χ3v) is 4.16. The van der Waals surface area contributed by atoms with E-state index in [4.69, 9.17) is 10.8 Å². The highest BCUT2D eigenvalue weighted by molar-refractivity contribution is 9.10. The molecule has 0 saturated carbocycles. The highest BCUT2D eigenvalue weighted by Crippen LogP contribution is 2.30. The molecule has 0 atom stereocenters. The maximum atomic E-state index is 8.15. The fourth-order valence-electron chi connectivity index (χ4n) is 2.62. The molecule has 2 N–H and O–H groups in total. The molecule has 0 unspecified atom stereocenters. The number of para-hydroxylation sites is 1. The standard InChI is InChI=1S/C17H16BrN5/c1-2-22(13-6-4-3-5-7-13)16-14-9-8-12(18)10-15(14)23(11-19)17(20)21-16/h3-11,19-20H,2H2,1H3. The lowest BCUT2D eigenvalue weighted by atomic mass is 10.2. The second-order valence-corrected chi connectivity index (χ2v) is 5.92. The highest BCUT2D eigenvalue weighted by atomic mass is 79.9. The first-order valence-corrected chi connectivity index (χ1v) is 8.04. The number of benzene rings is 2. The van der Waals surface area contributed by atoms with Crippen LogP contribution in [0.5, 0.6) is 0 Å². The minimum absolute atomic E-state index is 0.0370. The van der Waals surface area contributed by atoms with Gasteiger partial charge in [0, 0.05) is 22.1 Å². The molecule has 5 nitrogen and oxygen atoms in total. The summed E-state index contributed by atoms with van der Waals surface area (Å²) in [6, 6.07) is 15.8. The van der Waals surface area contributed by atoms with E-state index in [1.807, 2.05) is 48.5 Å². The van der Waals surface area contributed by atoms with Crippen molar-refractivity contribution >= 4 is 44.7 Å². The zero-order valence-corrected chi connectivity index (χ0v) is 14.2. The lowest BCUT2D eigenvalue weighted by Crippen LogP contribution is -2.28. The van der Waals surface area contributed by atoms with E-state index in [-0.39, 0.29) is 5.62 Å². The van der Waals surface area contributed by atoms with Crippen LogP contribution in [-0.2, 0) is 0 Å². The molecule has 3 aromatic rings. The summed E-state index contributed by atoms with van der Waals surface area (Å²) < 4.78 is 2.36. The first-order chi connectivity index (χ1) is 11.2. The molecule has 116 valence electrons. The van der Waals surface area contributed by atoms with Crippen LogP contribution in [0.3, 0.4) is 0 Å². The van der Waals surface area contributed by atoms with Gasteiger partial charge in [-0.1, -0.05) is 34.1 Å². The van der Waals surface area contributed by atoms with Crippen molar-refractivity contribution in [3.63, 3.8) is 0 Å². The van der Waals surface area contributed by atoms with Crippen LogP contribution >= 0.6 is 15.9 Å². The van der Waals surface area contributed by atoms with Crippen LogP contribution in [0.15, 0.2) is 53.0 Å². The van der Waals surface area contributed by atoms with Crippen molar-refractivity contribution in [1.82, 2.24) is 9.55 Å². The van der Waals surface area contributed by atoms with Crippen LogP contribution in [0.2, 0.25) is 0 Å². The van der Waals surface area contributed by atoms with Crippen LogP contribution in [-0.4, -0.2) is 22.4 Å². The van der Waals surface area contributed by atoms with E-state index in [0.717, 1.165) is 39.8 Å². The largest absolute Gasteiger partial charge is 0.326 e. The van der Waals surface area contributed by atoms with Gasteiger partial charge in [-0.2, -0.15) is 4.98 Å². The molecule has 0 aliphatic heterocycles. The van der Waals surface area contributed by atoms with Crippen molar-refractivity contribution in [1.29, 1.82) is 10.8 Å². The maximum Gasteiger partial charge on any atom is 0.229 e. The monoisotopic (exact) mass is 369 g/mol. The van der Waals surface area contributed by atoms with Crippen LogP contribution in [0, 0.1) is 10.8 Å². The Bertz CT molecular complexity index is 917. The highest BCUT2D eigenvalue weighted by Gasteiger charge is 2.15. The first kappa shape index (κ1) is 15.4. The van der Waals surface area contributed by atoms with Crippen molar-refractivity contribution in [3.05, 3.63) is 58.6 Å². The summed E-state index contributed by atoms with van der Waals surface area (Å²) in [5.74, 6) is 0.726. The summed E-state index contributed by atoms with van der Waals surface area (Å²) >= 11 is 3.46. The van der Waals surface area contributed by atoms with Crippen LogP contribution in [0.1, 0.15) is 6.92 Å². The van der Waals surface area contributed by atoms with Gasteiger partial charge in [0.25, 0.3) is 0 Å². The Balaban J connectivity index is 2.33. The molecule has 1 heterocycles. The van der Waals surface area contributed by atoms with Gasteiger partial charge in [0.2, 0.25) is 5.62 Å². The fraction of sp³-hybridized carbons (Fsp3) is 0.118. The molecule has 0 fully saturated rings. The minimum atomic E-state index is 0.0370. The van der Waals surface area contributed by atoms with Gasteiger partial charge in [0.05, 0.1) is 11.9 Å². The van der Waals surface area contributed by atoms with Crippen LogP contribution in [0.25, 0.3) is 10.9 Å². The van der Waals surface area contributed by atoms with Crippen molar-refractivity contribution in [2.24, 2.45) is 0 Å². The Kier molecular flexibility index (Phi) is 4.25. The Morgan fingerprint density at radius 1 is 1.22 bits per heavy atom. The number of nitrogens with zero attached hydrogens (tertiary/aromatic N) is 3. The number of anilines is 2. The lowest BCUT2D eigenvalue weighted by Gasteiger charge is -2.24. The summed E-state index contributed by atoms with van der Waals surface area (Å²) in [6.07, 6.45) is 1.12. The number of halogens is 1. The summed E-state index contributed by atoms with van der Waals surface area (Å²) in [7, 11) is 0. The molecule has 0 aliphatic carbocycles. The van der Waals surface area contributed by atoms with Crippen molar-refractivity contribution in [2.45, 2.75) is 6.92 Å². The molecule has 0 amide bonds. The van der Waals surface area contributed by atoms with E-state index in [9.17, 15) is 0 Å². The maximum absolute atomic E-state index is 8.15. The number of aromatic nitrogens is 2. The minimum Gasteiger partial charge on any atom is -0.326 e. The normalized spacial score (nSPS) is 10.7. The zero-order chi connectivity index (χ0) is 16.4. The number of hydrogen-bond donors (Lipinski definition) is 2. The van der Waals surface area contributed by atoms with Gasteiger partial charge < -0.3 is 4.90 Å². The average Bonchev–Trinajstić information content (AvgIpc) is 2.56. The Morgan fingerprint density at radius 3 is 2.61 bits per heavy atom. The van der Waals surface area contributed by atoms with Gasteiger partial charge in [-0.25, -0.2) is 0 Å². The van der Waals surface area contributed by atoms with Gasteiger partial charge >= 0.3 is 0 Å². The Hall–Kier alpha value is -2.47. The molecular weight excluding hydrogens is 354 g/mol. The van der Waals surface area contributed by atoms with Crippen molar-refractivity contribution < 1.29 is 0 Å². The van der Waals surface area contributed by atoms with E-state index in [1.165, 1.54) is 4.57 Å². The van der Waals surface area contributed by atoms with E-state index in [2.05, 4.69) is 32.7 Å². The molecule has 2 aromatic carbocycles. The first-order valence-electron chi connectivity index (χ1n) is 7.25. The third kappa shape index (κ3) is 2.77. The SMILES string of the molecule is CCN(c1ccccc1)c1nc(=N)n(C=N)c2cc(Br)ccc12. The zero-order valence-electron chi connectivity index (χ0n) is 12.6. The summed E-state index contributed by atoms with van der Waals surface area (Å²) in [6.45, 7) is 2.79. The summed E-state index contributed by atoms with van der Waals surface area (Å²) in [4.78, 5) is 6.51. The van der Waals surface area contributed by atoms with Crippen LogP contribution < -0.4 is 10.5 Å². The van der Waals surface area contributed by atoms with Gasteiger partial charge in [0.1, 0.15) is 5.82 Å². The Morgan fingerprint density at radius 2 is 1.96 bits per heavy atom. The van der Waals surface area contributed by atoms with Crippen LogP contribution in [0.4, 0.5) is 11.5 Å². The van der Waals surface area contributed by atoms with Gasteiger partial charge in [-0.15, -0.1) is 0 Å². The average molecular weight is 370 g/mol. The third-order valence-electron chi connectivity index (χ3n) is 3.67. The molecule has 23 heavy (non-hydrogen) atoms. The lowest BCUT2D eigenvalue weighted by molar-refractivity contribution is 0.896. The molecule has 0 saturated heterocycles. The van der Waals surface area contributed by atoms with Gasteiger partial charge in [-0.3, -0.25) is 15.4 Å². The second-order valence-electron chi connectivity index (χ2n) is 5.00. The predicted octanol–water partition coefficient (Wildman–Crippen LogP) is 3.89. The van der Waals surface area contributed by atoms with Crippen molar-refractivity contribution in [3.8, 4) is 0 Å². The fourth-order valence-corrected chi connectivity index (χ4v) is 2.97. The molecule has 3 rings (SSSR count). The van der Waals surface area contributed by atoms with Gasteiger partial charge in [0.15, 0.2) is 0 Å². The quantitative estimate of drug-likeness (QED) is 0.540. The smallest absolute Gasteiger partial charge is 0.229 e. The number of nitrogens with one attached hydrogen (secondary N) is 2. The number of rotatable bonds is 4. The van der Waals surface area contributed by atoms with Gasteiger partial charge in [-0.05, 0) is 37.3 Å². The molecule has 0 spiro atoms. The topological polar surface area (TPSA) is 68.8 Å². The number of hydrogen-bond acceptors (Lipinski definition) is 4. The van der Waals surface area contributed by atoms with E-state index >= 15 is 0 Å². The van der Waals surface area contributed by atoms with E-state index < -0.39 is 0 Å². The predicted molar refractivity (Wildman–Crippen MR) is 96.6 cm³/mol. The molecule has 0 bridgehead atoms. The van der Waals surface area contributed by atoms with E-state index in [0.29, 0.717) is 0 Å². The van der Waals surface area contributed by atoms with Crippen molar-refractivity contribution in [2.75, 3.05) is 11.4 Å². The molecular formula is C17H16BrN5. The summed E-state index contributed by atoms with van der Waals surface area (Å²) in [5, 5.41) is 16.6. The molecule has 6 heteroatoms. The number of fused-ring (bicyclic) bond motifs is 1. The van der Waals surface area contributed by atoms with E-state index in [1.54, 1.807) is 0 Å².